The smallest absolute Gasteiger partial charge is 0.317 e. The summed E-state index contributed by atoms with van der Waals surface area (Å²) >= 11 is 0. The molecule has 1 aliphatic heterocycles. The molecule has 0 bridgehead atoms. The second-order valence-electron chi connectivity index (χ2n) is 4.55. The minimum atomic E-state index is -0.848. The van der Waals surface area contributed by atoms with Gasteiger partial charge < -0.3 is 15.3 Å². The molecule has 1 saturated heterocycles. The van der Waals surface area contributed by atoms with Gasteiger partial charge >= 0.3 is 12.0 Å². The molecule has 1 atom stereocenters. The van der Waals surface area contributed by atoms with Gasteiger partial charge in [-0.2, -0.15) is 0 Å². The number of aliphatic carboxylic acids is 1. The number of carbonyl (C=O) groups excluding carboxylic acids is 1. The maximum Gasteiger partial charge on any atom is 0.317 e. The Hall–Kier alpha value is -1.52. The average molecular weight is 240 g/mol. The van der Waals surface area contributed by atoms with Crippen LogP contribution in [0.3, 0.4) is 0 Å². The summed E-state index contributed by atoms with van der Waals surface area (Å²) in [4.78, 5) is 24.1. The maximum absolute atomic E-state index is 11.8. The second kappa shape index (κ2) is 6.27. The van der Waals surface area contributed by atoms with Crippen LogP contribution >= 0.6 is 0 Å². The number of amides is 2. The number of allylic oxidation sites excluding steroid dienone is 1. The molecule has 1 heterocycles. The van der Waals surface area contributed by atoms with Crippen LogP contribution in [0.2, 0.25) is 0 Å². The molecular formula is C12H20N2O3. The molecule has 0 saturated carbocycles. The molecule has 5 heteroatoms. The third kappa shape index (κ3) is 4.46. The molecule has 1 rings (SSSR count). The molecule has 0 aromatic rings. The Morgan fingerprint density at radius 2 is 2.18 bits per heavy atom. The van der Waals surface area contributed by atoms with Crippen LogP contribution < -0.4 is 5.32 Å². The van der Waals surface area contributed by atoms with E-state index in [-0.39, 0.29) is 18.5 Å². The van der Waals surface area contributed by atoms with Crippen LogP contribution in [0.25, 0.3) is 0 Å². The summed E-state index contributed by atoms with van der Waals surface area (Å²) in [5.74, 6) is -0.848. The van der Waals surface area contributed by atoms with Crippen LogP contribution in [0.5, 0.6) is 0 Å². The third-order valence-corrected chi connectivity index (χ3v) is 2.81. The highest BCUT2D eigenvalue weighted by Crippen LogP contribution is 2.19. The Bertz CT molecular complexity index is 322. The molecular weight excluding hydrogens is 220 g/mol. The van der Waals surface area contributed by atoms with Crippen molar-refractivity contribution in [1.82, 2.24) is 10.2 Å². The van der Waals surface area contributed by atoms with E-state index >= 15 is 0 Å². The van der Waals surface area contributed by atoms with Crippen molar-refractivity contribution < 1.29 is 14.7 Å². The summed E-state index contributed by atoms with van der Waals surface area (Å²) in [6.45, 7) is 5.08. The van der Waals surface area contributed by atoms with Gasteiger partial charge in [-0.05, 0) is 26.7 Å². The summed E-state index contributed by atoms with van der Waals surface area (Å²) in [5, 5.41) is 11.5. The molecule has 0 aliphatic carbocycles. The van der Waals surface area contributed by atoms with Gasteiger partial charge in [0.05, 0.1) is 6.42 Å². The first-order valence-electron chi connectivity index (χ1n) is 5.90. The first-order valence-corrected chi connectivity index (χ1v) is 5.90. The van der Waals surface area contributed by atoms with Crippen molar-refractivity contribution in [2.45, 2.75) is 39.2 Å². The Kier molecular flexibility index (Phi) is 5.00. The zero-order chi connectivity index (χ0) is 12.8. The summed E-state index contributed by atoms with van der Waals surface area (Å²) in [6.07, 6.45) is 3.63. The fourth-order valence-corrected chi connectivity index (χ4v) is 1.96. The van der Waals surface area contributed by atoms with Gasteiger partial charge in [0.1, 0.15) is 0 Å². The number of hydrogen-bond acceptors (Lipinski definition) is 2. The van der Waals surface area contributed by atoms with Gasteiger partial charge in [-0.3, -0.25) is 4.79 Å². The Balaban J connectivity index is 2.44. The predicted octanol–water partition coefficient (Wildman–Crippen LogP) is 1.60. The van der Waals surface area contributed by atoms with Crippen LogP contribution in [0.1, 0.15) is 33.1 Å². The molecule has 0 spiro atoms. The Labute approximate surface area is 101 Å². The van der Waals surface area contributed by atoms with E-state index in [1.165, 1.54) is 0 Å². The van der Waals surface area contributed by atoms with Crippen LogP contribution in [-0.2, 0) is 4.79 Å². The standard InChI is InChI=1S/C12H20N2O3/c1-9(2)5-6-13-12(17)14-7-3-4-10(14)8-11(15)16/h5,10H,3-4,6-8H2,1-2H3,(H,13,17)(H,15,16). The summed E-state index contributed by atoms with van der Waals surface area (Å²) in [6, 6.07) is -0.314. The number of carboxylic acids is 1. The maximum atomic E-state index is 11.8. The van der Waals surface area contributed by atoms with Gasteiger partial charge in [0.15, 0.2) is 0 Å². The minimum absolute atomic E-state index is 0.0378. The fraction of sp³-hybridized carbons (Fsp3) is 0.667. The lowest BCUT2D eigenvalue weighted by Gasteiger charge is -2.23. The van der Waals surface area contributed by atoms with E-state index in [0.717, 1.165) is 18.4 Å². The van der Waals surface area contributed by atoms with Gasteiger partial charge in [0, 0.05) is 19.1 Å². The number of nitrogens with one attached hydrogen (secondary N) is 1. The van der Waals surface area contributed by atoms with Crippen molar-refractivity contribution in [1.29, 1.82) is 0 Å². The molecule has 0 aromatic heterocycles. The molecule has 0 aromatic carbocycles. The van der Waals surface area contributed by atoms with Crippen LogP contribution in [0.4, 0.5) is 4.79 Å². The molecule has 17 heavy (non-hydrogen) atoms. The van der Waals surface area contributed by atoms with Crippen LogP contribution in [0.15, 0.2) is 11.6 Å². The zero-order valence-corrected chi connectivity index (χ0v) is 10.4. The van der Waals surface area contributed by atoms with Crippen molar-refractivity contribution in [2.75, 3.05) is 13.1 Å². The highest BCUT2D eigenvalue weighted by molar-refractivity contribution is 5.76. The van der Waals surface area contributed by atoms with Gasteiger partial charge in [-0.1, -0.05) is 11.6 Å². The number of nitrogens with zero attached hydrogens (tertiary/aromatic N) is 1. The average Bonchev–Trinajstić information content (AvgIpc) is 2.64. The predicted molar refractivity (Wildman–Crippen MR) is 64.8 cm³/mol. The van der Waals surface area contributed by atoms with E-state index in [4.69, 9.17) is 5.11 Å². The second-order valence-corrected chi connectivity index (χ2v) is 4.55. The highest BCUT2D eigenvalue weighted by atomic mass is 16.4. The molecule has 1 fully saturated rings. The van der Waals surface area contributed by atoms with Crippen molar-refractivity contribution >= 4 is 12.0 Å². The molecule has 2 amide bonds. The number of urea groups is 1. The fourth-order valence-electron chi connectivity index (χ4n) is 1.96. The first kappa shape index (κ1) is 13.5. The first-order chi connectivity index (χ1) is 8.00. The number of rotatable bonds is 4. The van der Waals surface area contributed by atoms with Gasteiger partial charge in [-0.15, -0.1) is 0 Å². The van der Waals surface area contributed by atoms with Gasteiger partial charge in [-0.25, -0.2) is 4.79 Å². The number of carbonyl (C=O) groups is 2. The molecule has 2 N–H and O–H groups in total. The van der Waals surface area contributed by atoms with E-state index < -0.39 is 5.97 Å². The SMILES string of the molecule is CC(C)=CCNC(=O)N1CCCC1CC(=O)O. The molecule has 96 valence electrons. The van der Waals surface area contributed by atoms with Crippen molar-refractivity contribution in [2.24, 2.45) is 0 Å². The monoisotopic (exact) mass is 240 g/mol. The number of likely N-dealkylation sites (tertiary alicyclic amines) is 1. The number of hydrogen-bond donors (Lipinski definition) is 2. The Morgan fingerprint density at radius 3 is 2.76 bits per heavy atom. The van der Waals surface area contributed by atoms with E-state index in [0.29, 0.717) is 13.1 Å². The van der Waals surface area contributed by atoms with Crippen molar-refractivity contribution in [3.8, 4) is 0 Å². The molecule has 1 unspecified atom stereocenters. The van der Waals surface area contributed by atoms with E-state index in [9.17, 15) is 9.59 Å². The molecule has 5 nitrogen and oxygen atoms in total. The Morgan fingerprint density at radius 1 is 1.47 bits per heavy atom. The highest BCUT2D eigenvalue weighted by Gasteiger charge is 2.29. The largest absolute Gasteiger partial charge is 0.481 e. The number of carboxylic acid groups (broad SMARTS) is 1. The summed E-state index contributed by atoms with van der Waals surface area (Å²) in [7, 11) is 0. The quantitative estimate of drug-likeness (QED) is 0.733. The lowest BCUT2D eigenvalue weighted by Crippen LogP contribution is -2.43. The summed E-state index contributed by atoms with van der Waals surface area (Å²) in [5.41, 5.74) is 1.15. The van der Waals surface area contributed by atoms with Crippen molar-refractivity contribution in [3.63, 3.8) is 0 Å². The van der Waals surface area contributed by atoms with E-state index in [1.54, 1.807) is 4.90 Å². The minimum Gasteiger partial charge on any atom is -0.481 e. The topological polar surface area (TPSA) is 69.6 Å². The zero-order valence-electron chi connectivity index (χ0n) is 10.4. The summed E-state index contributed by atoms with van der Waals surface area (Å²) < 4.78 is 0. The normalized spacial score (nSPS) is 18.9. The van der Waals surface area contributed by atoms with Gasteiger partial charge in [0.2, 0.25) is 0 Å². The third-order valence-electron chi connectivity index (χ3n) is 2.81. The van der Waals surface area contributed by atoms with Crippen molar-refractivity contribution in [3.05, 3.63) is 11.6 Å². The van der Waals surface area contributed by atoms with E-state index in [1.807, 2.05) is 19.9 Å². The molecule has 1 aliphatic rings. The van der Waals surface area contributed by atoms with Crippen LogP contribution in [-0.4, -0.2) is 41.1 Å². The molecule has 0 radical (unpaired) electrons. The van der Waals surface area contributed by atoms with Crippen LogP contribution in [0, 0.1) is 0 Å². The van der Waals surface area contributed by atoms with Gasteiger partial charge in [0.25, 0.3) is 0 Å². The lowest BCUT2D eigenvalue weighted by molar-refractivity contribution is -0.137. The lowest BCUT2D eigenvalue weighted by atomic mass is 10.1. The van der Waals surface area contributed by atoms with E-state index in [2.05, 4.69) is 5.32 Å².